The SMILES string of the molecule is I.NC(=NCCNC(=O)c1ccccc1)N1CCCCCC1. The van der Waals surface area contributed by atoms with E-state index in [1.165, 1.54) is 25.7 Å². The number of rotatable bonds is 4. The molecule has 0 aromatic heterocycles. The first kappa shape index (κ1) is 18.7. The third-order valence-corrected chi connectivity index (χ3v) is 3.64. The average molecular weight is 416 g/mol. The molecule has 22 heavy (non-hydrogen) atoms. The number of halogens is 1. The minimum absolute atomic E-state index is 0. The van der Waals surface area contributed by atoms with Crippen molar-refractivity contribution in [2.45, 2.75) is 25.7 Å². The number of hydrogen-bond donors (Lipinski definition) is 2. The van der Waals surface area contributed by atoms with E-state index in [2.05, 4.69) is 15.2 Å². The van der Waals surface area contributed by atoms with Gasteiger partial charge in [-0.1, -0.05) is 31.0 Å². The Kier molecular flexibility index (Phi) is 8.88. The number of likely N-dealkylation sites (tertiary alicyclic amines) is 1. The highest BCUT2D eigenvalue weighted by Gasteiger charge is 2.10. The summed E-state index contributed by atoms with van der Waals surface area (Å²) in [6.07, 6.45) is 4.91. The molecule has 1 saturated heterocycles. The van der Waals surface area contributed by atoms with E-state index in [0.29, 0.717) is 24.6 Å². The van der Waals surface area contributed by atoms with E-state index in [1.54, 1.807) is 12.1 Å². The smallest absolute Gasteiger partial charge is 0.251 e. The molecule has 2 rings (SSSR count). The van der Waals surface area contributed by atoms with E-state index < -0.39 is 0 Å². The third kappa shape index (κ3) is 6.21. The van der Waals surface area contributed by atoms with Crippen molar-refractivity contribution in [2.75, 3.05) is 26.2 Å². The van der Waals surface area contributed by atoms with Gasteiger partial charge in [0.25, 0.3) is 5.91 Å². The van der Waals surface area contributed by atoms with Crippen LogP contribution >= 0.6 is 24.0 Å². The summed E-state index contributed by atoms with van der Waals surface area (Å²) >= 11 is 0. The van der Waals surface area contributed by atoms with E-state index >= 15 is 0 Å². The van der Waals surface area contributed by atoms with Gasteiger partial charge in [-0.2, -0.15) is 0 Å². The quantitative estimate of drug-likeness (QED) is 0.342. The molecule has 5 nitrogen and oxygen atoms in total. The number of amides is 1. The van der Waals surface area contributed by atoms with Crippen LogP contribution in [-0.4, -0.2) is 42.9 Å². The first-order chi connectivity index (χ1) is 10.3. The highest BCUT2D eigenvalue weighted by atomic mass is 127. The van der Waals surface area contributed by atoms with Crippen molar-refractivity contribution in [1.29, 1.82) is 0 Å². The lowest BCUT2D eigenvalue weighted by atomic mass is 10.2. The minimum Gasteiger partial charge on any atom is -0.370 e. The van der Waals surface area contributed by atoms with Gasteiger partial charge in [0.05, 0.1) is 6.54 Å². The van der Waals surface area contributed by atoms with Crippen LogP contribution in [0.3, 0.4) is 0 Å². The summed E-state index contributed by atoms with van der Waals surface area (Å²) in [5, 5.41) is 2.85. The van der Waals surface area contributed by atoms with Gasteiger partial charge in [0.1, 0.15) is 0 Å². The molecule has 0 atom stereocenters. The molecule has 0 aliphatic carbocycles. The van der Waals surface area contributed by atoms with Crippen LogP contribution in [0.1, 0.15) is 36.0 Å². The van der Waals surface area contributed by atoms with Crippen molar-refractivity contribution in [3.05, 3.63) is 35.9 Å². The molecule has 0 saturated carbocycles. The van der Waals surface area contributed by atoms with E-state index in [-0.39, 0.29) is 29.9 Å². The van der Waals surface area contributed by atoms with Crippen molar-refractivity contribution in [1.82, 2.24) is 10.2 Å². The fraction of sp³-hybridized carbons (Fsp3) is 0.500. The highest BCUT2D eigenvalue weighted by molar-refractivity contribution is 14.0. The van der Waals surface area contributed by atoms with Gasteiger partial charge in [0, 0.05) is 25.2 Å². The summed E-state index contributed by atoms with van der Waals surface area (Å²) in [6, 6.07) is 9.19. The zero-order valence-electron chi connectivity index (χ0n) is 12.8. The van der Waals surface area contributed by atoms with Crippen LogP contribution in [0.15, 0.2) is 35.3 Å². The van der Waals surface area contributed by atoms with Crippen LogP contribution in [0.2, 0.25) is 0 Å². The van der Waals surface area contributed by atoms with Crippen molar-refractivity contribution in [3.8, 4) is 0 Å². The average Bonchev–Trinajstić information content (AvgIpc) is 2.81. The topological polar surface area (TPSA) is 70.7 Å². The van der Waals surface area contributed by atoms with Crippen LogP contribution in [0.4, 0.5) is 0 Å². The number of nitrogens with one attached hydrogen (secondary N) is 1. The van der Waals surface area contributed by atoms with Gasteiger partial charge in [-0.25, -0.2) is 0 Å². The van der Waals surface area contributed by atoms with E-state index in [9.17, 15) is 4.79 Å². The number of aliphatic imine (C=N–C) groups is 1. The second-order valence-electron chi connectivity index (χ2n) is 5.26. The molecule has 0 spiro atoms. The summed E-state index contributed by atoms with van der Waals surface area (Å²) in [6.45, 7) is 3.00. The minimum atomic E-state index is -0.0702. The molecule has 1 aromatic rings. The predicted octanol–water partition coefficient (Wildman–Crippen LogP) is 2.23. The lowest BCUT2D eigenvalue weighted by Gasteiger charge is -2.21. The Bertz CT molecular complexity index is 470. The molecular weight excluding hydrogens is 391 g/mol. The standard InChI is InChI=1S/C16H24N4O.HI/c17-16(20-12-6-1-2-7-13-20)19-11-10-18-15(21)14-8-4-3-5-9-14;/h3-5,8-9H,1-2,6-7,10-13H2,(H2,17,19)(H,18,21);1H. The summed E-state index contributed by atoms with van der Waals surface area (Å²) < 4.78 is 0. The van der Waals surface area contributed by atoms with Gasteiger partial charge in [0.2, 0.25) is 0 Å². The Balaban J connectivity index is 0.00000242. The molecule has 3 N–H and O–H groups in total. The number of carbonyl (C=O) groups is 1. The fourth-order valence-corrected chi connectivity index (χ4v) is 2.43. The Morgan fingerprint density at radius 3 is 2.41 bits per heavy atom. The molecule has 0 bridgehead atoms. The maximum Gasteiger partial charge on any atom is 0.251 e. The molecule has 1 aromatic carbocycles. The Hall–Kier alpha value is -1.31. The molecule has 1 fully saturated rings. The molecule has 1 aliphatic rings. The number of carbonyl (C=O) groups excluding carboxylic acids is 1. The number of nitrogens with zero attached hydrogens (tertiary/aromatic N) is 2. The normalized spacial score (nSPS) is 15.6. The summed E-state index contributed by atoms with van der Waals surface area (Å²) in [7, 11) is 0. The predicted molar refractivity (Wildman–Crippen MR) is 101 cm³/mol. The maximum atomic E-state index is 11.8. The van der Waals surface area contributed by atoms with Crippen molar-refractivity contribution < 1.29 is 4.79 Å². The zero-order chi connectivity index (χ0) is 14.9. The van der Waals surface area contributed by atoms with Gasteiger partial charge >= 0.3 is 0 Å². The summed E-state index contributed by atoms with van der Waals surface area (Å²) in [5.74, 6) is 0.532. The largest absolute Gasteiger partial charge is 0.370 e. The van der Waals surface area contributed by atoms with Crippen LogP contribution in [0, 0.1) is 0 Å². The van der Waals surface area contributed by atoms with Crippen molar-refractivity contribution in [2.24, 2.45) is 10.7 Å². The Morgan fingerprint density at radius 1 is 1.14 bits per heavy atom. The Morgan fingerprint density at radius 2 is 1.77 bits per heavy atom. The van der Waals surface area contributed by atoms with Gasteiger partial charge in [-0.15, -0.1) is 24.0 Å². The molecule has 1 amide bonds. The number of nitrogens with two attached hydrogens (primary N) is 1. The van der Waals surface area contributed by atoms with Crippen LogP contribution in [-0.2, 0) is 0 Å². The number of guanidine groups is 1. The lowest BCUT2D eigenvalue weighted by Crippen LogP contribution is -2.38. The third-order valence-electron chi connectivity index (χ3n) is 3.64. The van der Waals surface area contributed by atoms with E-state index in [0.717, 1.165) is 13.1 Å². The molecule has 0 unspecified atom stereocenters. The van der Waals surface area contributed by atoms with E-state index in [4.69, 9.17) is 5.73 Å². The second-order valence-corrected chi connectivity index (χ2v) is 5.26. The van der Waals surface area contributed by atoms with Gasteiger partial charge < -0.3 is 16.0 Å². The first-order valence-corrected chi connectivity index (χ1v) is 7.65. The molecule has 122 valence electrons. The number of benzene rings is 1. The van der Waals surface area contributed by atoms with Gasteiger partial charge in [-0.05, 0) is 25.0 Å². The van der Waals surface area contributed by atoms with Crippen LogP contribution in [0.5, 0.6) is 0 Å². The Labute approximate surface area is 149 Å². The zero-order valence-corrected chi connectivity index (χ0v) is 15.2. The van der Waals surface area contributed by atoms with Crippen molar-refractivity contribution >= 4 is 35.8 Å². The summed E-state index contributed by atoms with van der Waals surface area (Å²) in [5.41, 5.74) is 6.68. The second kappa shape index (κ2) is 10.4. The molecule has 6 heteroatoms. The van der Waals surface area contributed by atoms with E-state index in [1.807, 2.05) is 18.2 Å². The molecule has 1 aliphatic heterocycles. The fourth-order valence-electron chi connectivity index (χ4n) is 2.43. The monoisotopic (exact) mass is 416 g/mol. The van der Waals surface area contributed by atoms with Crippen molar-refractivity contribution in [3.63, 3.8) is 0 Å². The molecular formula is C16H25IN4O. The maximum absolute atomic E-state index is 11.8. The van der Waals surface area contributed by atoms with Gasteiger partial charge in [0.15, 0.2) is 5.96 Å². The number of hydrogen-bond acceptors (Lipinski definition) is 2. The lowest BCUT2D eigenvalue weighted by molar-refractivity contribution is 0.0955. The van der Waals surface area contributed by atoms with Gasteiger partial charge in [-0.3, -0.25) is 9.79 Å². The molecule has 0 radical (unpaired) electrons. The first-order valence-electron chi connectivity index (χ1n) is 7.65. The van der Waals surface area contributed by atoms with Crippen LogP contribution in [0.25, 0.3) is 0 Å². The van der Waals surface area contributed by atoms with Crippen LogP contribution < -0.4 is 11.1 Å². The summed E-state index contributed by atoms with van der Waals surface area (Å²) in [4.78, 5) is 18.3. The highest BCUT2D eigenvalue weighted by Crippen LogP contribution is 2.08. The molecule has 1 heterocycles.